The summed E-state index contributed by atoms with van der Waals surface area (Å²) in [7, 11) is -3.62. The van der Waals surface area contributed by atoms with Crippen LogP contribution in [0, 0.1) is 6.92 Å². The van der Waals surface area contributed by atoms with Crippen molar-refractivity contribution in [3.8, 4) is 0 Å². The Bertz CT molecular complexity index is 1010. The summed E-state index contributed by atoms with van der Waals surface area (Å²) >= 11 is 0. The van der Waals surface area contributed by atoms with Gasteiger partial charge in [-0.1, -0.05) is 12.1 Å². The normalized spacial score (nSPS) is 15.4. The number of urea groups is 1. The van der Waals surface area contributed by atoms with Crippen LogP contribution in [-0.4, -0.2) is 43.8 Å². The SMILES string of the molecule is CC(=O)Nc1ccc(S(=O)(=O)N2CCC(NC(=O)Nc3cccc(C)c3)CC2)cc1. The largest absolute Gasteiger partial charge is 0.335 e. The van der Waals surface area contributed by atoms with Gasteiger partial charge in [-0.15, -0.1) is 0 Å². The number of nitrogens with one attached hydrogen (secondary N) is 3. The Morgan fingerprint density at radius 1 is 0.967 bits per heavy atom. The molecule has 2 aromatic rings. The van der Waals surface area contributed by atoms with Gasteiger partial charge in [0.15, 0.2) is 0 Å². The highest BCUT2D eigenvalue weighted by Crippen LogP contribution is 2.22. The average molecular weight is 431 g/mol. The monoisotopic (exact) mass is 430 g/mol. The number of rotatable bonds is 5. The Hall–Kier alpha value is -2.91. The molecule has 0 bridgehead atoms. The second kappa shape index (κ2) is 9.27. The van der Waals surface area contributed by atoms with Crippen LogP contribution < -0.4 is 16.0 Å². The molecule has 1 fully saturated rings. The molecule has 8 nitrogen and oxygen atoms in total. The minimum Gasteiger partial charge on any atom is -0.335 e. The summed E-state index contributed by atoms with van der Waals surface area (Å²) in [5, 5.41) is 8.33. The number of hydrogen-bond donors (Lipinski definition) is 3. The molecule has 3 rings (SSSR count). The van der Waals surface area contributed by atoms with Crippen LogP contribution in [0.4, 0.5) is 16.2 Å². The number of aryl methyl sites for hydroxylation is 1. The van der Waals surface area contributed by atoms with Gasteiger partial charge in [-0.25, -0.2) is 13.2 Å². The van der Waals surface area contributed by atoms with Crippen LogP contribution >= 0.6 is 0 Å². The van der Waals surface area contributed by atoms with E-state index in [4.69, 9.17) is 0 Å². The summed E-state index contributed by atoms with van der Waals surface area (Å²) in [5.74, 6) is -0.216. The second-order valence-electron chi connectivity index (χ2n) is 7.35. The number of sulfonamides is 1. The number of hydrogen-bond acceptors (Lipinski definition) is 4. The summed E-state index contributed by atoms with van der Waals surface area (Å²) in [6.45, 7) is 3.99. The zero-order valence-electron chi connectivity index (χ0n) is 17.0. The van der Waals surface area contributed by atoms with Gasteiger partial charge in [0.1, 0.15) is 0 Å². The summed E-state index contributed by atoms with van der Waals surface area (Å²) in [6, 6.07) is 13.2. The molecule has 1 heterocycles. The Labute approximate surface area is 176 Å². The van der Waals surface area contributed by atoms with Crippen molar-refractivity contribution in [2.24, 2.45) is 0 Å². The van der Waals surface area contributed by atoms with Crippen molar-refractivity contribution in [2.75, 3.05) is 23.7 Å². The third kappa shape index (κ3) is 5.58. The zero-order chi connectivity index (χ0) is 21.7. The highest BCUT2D eigenvalue weighted by molar-refractivity contribution is 7.89. The van der Waals surface area contributed by atoms with E-state index in [0.717, 1.165) is 11.3 Å². The lowest BCUT2D eigenvalue weighted by atomic mass is 10.1. The van der Waals surface area contributed by atoms with E-state index >= 15 is 0 Å². The predicted octanol–water partition coefficient (Wildman–Crippen LogP) is 2.93. The third-order valence-electron chi connectivity index (χ3n) is 4.88. The maximum Gasteiger partial charge on any atom is 0.319 e. The first-order valence-corrected chi connectivity index (χ1v) is 11.2. The smallest absolute Gasteiger partial charge is 0.319 e. The van der Waals surface area contributed by atoms with Crippen LogP contribution in [-0.2, 0) is 14.8 Å². The van der Waals surface area contributed by atoms with Gasteiger partial charge in [-0.05, 0) is 61.7 Å². The topological polar surface area (TPSA) is 108 Å². The standard InChI is InChI=1S/C21H26N4O4S/c1-15-4-3-5-19(14-15)24-21(27)23-18-10-12-25(13-11-18)30(28,29)20-8-6-17(7-9-20)22-16(2)26/h3-9,14,18H,10-13H2,1-2H3,(H,22,26)(H2,23,24,27). The molecule has 0 aromatic heterocycles. The van der Waals surface area contributed by atoms with Crippen LogP contribution in [0.3, 0.4) is 0 Å². The summed E-state index contributed by atoms with van der Waals surface area (Å²) in [5.41, 5.74) is 2.32. The van der Waals surface area contributed by atoms with Crippen LogP contribution in [0.15, 0.2) is 53.4 Å². The van der Waals surface area contributed by atoms with E-state index in [-0.39, 0.29) is 22.9 Å². The number of benzene rings is 2. The molecule has 1 aliphatic rings. The molecule has 1 aliphatic heterocycles. The molecule has 1 saturated heterocycles. The fourth-order valence-corrected chi connectivity index (χ4v) is 4.85. The van der Waals surface area contributed by atoms with Gasteiger partial charge in [-0.2, -0.15) is 4.31 Å². The molecule has 3 N–H and O–H groups in total. The summed E-state index contributed by atoms with van der Waals surface area (Å²) < 4.78 is 27.2. The van der Waals surface area contributed by atoms with Crippen LogP contribution in [0.5, 0.6) is 0 Å². The van der Waals surface area contributed by atoms with E-state index in [0.29, 0.717) is 31.6 Å². The van der Waals surface area contributed by atoms with Gasteiger partial charge in [0.2, 0.25) is 15.9 Å². The Morgan fingerprint density at radius 3 is 2.23 bits per heavy atom. The quantitative estimate of drug-likeness (QED) is 0.678. The van der Waals surface area contributed by atoms with Crippen molar-refractivity contribution in [1.82, 2.24) is 9.62 Å². The number of piperidine rings is 1. The van der Waals surface area contributed by atoms with Crippen LogP contribution in [0.2, 0.25) is 0 Å². The van der Waals surface area contributed by atoms with Gasteiger partial charge < -0.3 is 16.0 Å². The number of amides is 3. The molecule has 9 heteroatoms. The lowest BCUT2D eigenvalue weighted by molar-refractivity contribution is -0.114. The van der Waals surface area contributed by atoms with Crippen molar-refractivity contribution >= 4 is 33.3 Å². The number of carbonyl (C=O) groups is 2. The molecule has 160 valence electrons. The molecule has 0 spiro atoms. The van der Waals surface area contributed by atoms with Crippen molar-refractivity contribution < 1.29 is 18.0 Å². The maximum atomic E-state index is 12.9. The number of anilines is 2. The fraction of sp³-hybridized carbons (Fsp3) is 0.333. The molecule has 30 heavy (non-hydrogen) atoms. The second-order valence-corrected chi connectivity index (χ2v) is 9.29. The van der Waals surface area contributed by atoms with Crippen molar-refractivity contribution in [3.63, 3.8) is 0 Å². The summed E-state index contributed by atoms with van der Waals surface area (Å²) in [4.78, 5) is 23.5. The molecule has 2 aromatic carbocycles. The highest BCUT2D eigenvalue weighted by Gasteiger charge is 2.30. The highest BCUT2D eigenvalue weighted by atomic mass is 32.2. The van der Waals surface area contributed by atoms with E-state index in [1.807, 2.05) is 31.2 Å². The first-order valence-electron chi connectivity index (χ1n) is 9.76. The molecule has 0 aliphatic carbocycles. The molecule has 0 unspecified atom stereocenters. The molecular formula is C21H26N4O4S. The molecule has 0 radical (unpaired) electrons. The van der Waals surface area contributed by atoms with E-state index in [1.165, 1.54) is 23.4 Å². The molecule has 3 amide bonds. The van der Waals surface area contributed by atoms with Crippen molar-refractivity contribution in [1.29, 1.82) is 0 Å². The van der Waals surface area contributed by atoms with Crippen LogP contribution in [0.1, 0.15) is 25.3 Å². The number of carbonyl (C=O) groups excluding carboxylic acids is 2. The minimum atomic E-state index is -3.62. The van der Waals surface area contributed by atoms with Crippen LogP contribution in [0.25, 0.3) is 0 Å². The Morgan fingerprint density at radius 2 is 1.63 bits per heavy atom. The predicted molar refractivity (Wildman–Crippen MR) is 116 cm³/mol. The van der Waals surface area contributed by atoms with Gasteiger partial charge in [0, 0.05) is 37.4 Å². The maximum absolute atomic E-state index is 12.9. The molecule has 0 atom stereocenters. The average Bonchev–Trinajstić information content (AvgIpc) is 2.68. The lowest BCUT2D eigenvalue weighted by Crippen LogP contribution is -2.47. The minimum absolute atomic E-state index is 0.0941. The summed E-state index contributed by atoms with van der Waals surface area (Å²) in [6.07, 6.45) is 1.06. The molecule has 0 saturated carbocycles. The van der Waals surface area contributed by atoms with Crippen molar-refractivity contribution in [2.45, 2.75) is 37.6 Å². The van der Waals surface area contributed by atoms with E-state index in [9.17, 15) is 18.0 Å². The molecular weight excluding hydrogens is 404 g/mol. The Balaban J connectivity index is 1.54. The van der Waals surface area contributed by atoms with E-state index in [2.05, 4.69) is 16.0 Å². The van der Waals surface area contributed by atoms with Gasteiger partial charge in [0.05, 0.1) is 4.90 Å². The van der Waals surface area contributed by atoms with E-state index in [1.54, 1.807) is 12.1 Å². The first kappa shape index (κ1) is 21.8. The third-order valence-corrected chi connectivity index (χ3v) is 6.79. The van der Waals surface area contributed by atoms with Crippen molar-refractivity contribution in [3.05, 3.63) is 54.1 Å². The van der Waals surface area contributed by atoms with Gasteiger partial charge in [0.25, 0.3) is 0 Å². The first-order chi connectivity index (χ1) is 14.2. The zero-order valence-corrected chi connectivity index (χ0v) is 17.8. The fourth-order valence-electron chi connectivity index (χ4n) is 3.38. The van der Waals surface area contributed by atoms with E-state index < -0.39 is 10.0 Å². The van der Waals surface area contributed by atoms with Gasteiger partial charge in [-0.3, -0.25) is 4.79 Å². The van der Waals surface area contributed by atoms with Gasteiger partial charge >= 0.3 is 6.03 Å². The lowest BCUT2D eigenvalue weighted by Gasteiger charge is -2.31. The Kier molecular flexibility index (Phi) is 6.73. The number of nitrogens with zero attached hydrogens (tertiary/aromatic N) is 1.